The Morgan fingerprint density at radius 3 is 3.06 bits per heavy atom. The number of nitrogens with one attached hydrogen (secondary N) is 1. The molecule has 0 aliphatic carbocycles. The highest BCUT2D eigenvalue weighted by atomic mass is 16.4. The molecular formula is C10H12N4O2. The van der Waals surface area contributed by atoms with Gasteiger partial charge < -0.3 is 10.4 Å². The molecule has 0 unspecified atom stereocenters. The fourth-order valence-electron chi connectivity index (χ4n) is 1.16. The molecule has 0 atom stereocenters. The third-order valence-electron chi connectivity index (χ3n) is 1.95. The molecule has 0 aliphatic heterocycles. The van der Waals surface area contributed by atoms with E-state index in [4.69, 9.17) is 10.4 Å². The minimum atomic E-state index is -0.794. The summed E-state index contributed by atoms with van der Waals surface area (Å²) in [4.78, 5) is 10.2. The summed E-state index contributed by atoms with van der Waals surface area (Å²) < 4.78 is 0. The molecule has 6 heteroatoms. The lowest BCUT2D eigenvalue weighted by Crippen LogP contribution is -2.06. The molecule has 0 saturated heterocycles. The van der Waals surface area contributed by atoms with E-state index in [2.05, 4.69) is 15.5 Å². The van der Waals surface area contributed by atoms with E-state index in [9.17, 15) is 4.79 Å². The van der Waals surface area contributed by atoms with E-state index in [1.54, 1.807) is 6.07 Å². The van der Waals surface area contributed by atoms with Crippen LogP contribution in [-0.4, -0.2) is 27.8 Å². The smallest absolute Gasteiger partial charge is 0.303 e. The number of carboxylic acid groups (broad SMARTS) is 1. The first-order chi connectivity index (χ1) is 7.74. The summed E-state index contributed by atoms with van der Waals surface area (Å²) in [6.45, 7) is 0.584. The number of carbonyl (C=O) groups is 1. The van der Waals surface area contributed by atoms with Gasteiger partial charge in [0.25, 0.3) is 0 Å². The molecule has 1 heterocycles. The quantitative estimate of drug-likeness (QED) is 0.694. The van der Waals surface area contributed by atoms with Crippen molar-refractivity contribution in [1.29, 1.82) is 5.26 Å². The maximum Gasteiger partial charge on any atom is 0.303 e. The highest BCUT2D eigenvalue weighted by Gasteiger charge is 2.02. The summed E-state index contributed by atoms with van der Waals surface area (Å²) in [5.74, 6) is -0.349. The molecule has 0 aromatic carbocycles. The van der Waals surface area contributed by atoms with Crippen molar-refractivity contribution in [3.8, 4) is 6.07 Å². The summed E-state index contributed by atoms with van der Waals surface area (Å²) in [5, 5.41) is 27.6. The van der Waals surface area contributed by atoms with Crippen molar-refractivity contribution in [1.82, 2.24) is 10.2 Å². The molecule has 0 radical (unpaired) electrons. The van der Waals surface area contributed by atoms with Gasteiger partial charge in [0, 0.05) is 13.0 Å². The molecule has 0 fully saturated rings. The van der Waals surface area contributed by atoms with Crippen molar-refractivity contribution in [2.24, 2.45) is 0 Å². The summed E-state index contributed by atoms with van der Waals surface area (Å²) >= 11 is 0. The molecule has 0 spiro atoms. The molecule has 1 aromatic rings. The van der Waals surface area contributed by atoms with Gasteiger partial charge in [-0.15, -0.1) is 5.10 Å². The Balaban J connectivity index is 2.32. The van der Waals surface area contributed by atoms with Crippen LogP contribution in [0.15, 0.2) is 12.3 Å². The lowest BCUT2D eigenvalue weighted by Gasteiger charge is -2.04. The first kappa shape index (κ1) is 11.9. The molecule has 0 bridgehead atoms. The molecule has 6 nitrogen and oxygen atoms in total. The Labute approximate surface area is 92.9 Å². The zero-order valence-corrected chi connectivity index (χ0v) is 8.68. The molecule has 1 aromatic heterocycles. The van der Waals surface area contributed by atoms with Crippen LogP contribution in [-0.2, 0) is 4.79 Å². The number of unbranched alkanes of at least 4 members (excludes halogenated alkanes) is 1. The number of aliphatic carboxylic acids is 1. The van der Waals surface area contributed by atoms with Crippen LogP contribution in [0.1, 0.15) is 24.8 Å². The van der Waals surface area contributed by atoms with Crippen molar-refractivity contribution in [3.05, 3.63) is 17.8 Å². The van der Waals surface area contributed by atoms with Gasteiger partial charge in [0.1, 0.15) is 6.07 Å². The number of anilines is 1. The third-order valence-corrected chi connectivity index (χ3v) is 1.95. The van der Waals surface area contributed by atoms with Crippen molar-refractivity contribution in [2.75, 3.05) is 11.9 Å². The lowest BCUT2D eigenvalue weighted by molar-refractivity contribution is -0.137. The average Bonchev–Trinajstić information content (AvgIpc) is 2.29. The summed E-state index contributed by atoms with van der Waals surface area (Å²) in [6.07, 6.45) is 2.93. The fourth-order valence-corrected chi connectivity index (χ4v) is 1.16. The Hall–Kier alpha value is -2.16. The Bertz CT molecular complexity index is 400. The van der Waals surface area contributed by atoms with Crippen LogP contribution in [0.5, 0.6) is 0 Å². The van der Waals surface area contributed by atoms with E-state index < -0.39 is 5.97 Å². The second-order valence-electron chi connectivity index (χ2n) is 3.18. The van der Waals surface area contributed by atoms with Gasteiger partial charge in [-0.3, -0.25) is 4.79 Å². The van der Waals surface area contributed by atoms with Crippen LogP contribution in [0.3, 0.4) is 0 Å². The van der Waals surface area contributed by atoms with Crippen LogP contribution >= 0.6 is 0 Å². The number of hydrogen-bond donors (Lipinski definition) is 2. The number of nitriles is 1. The van der Waals surface area contributed by atoms with Crippen LogP contribution in [0.2, 0.25) is 0 Å². The zero-order valence-electron chi connectivity index (χ0n) is 8.68. The summed E-state index contributed by atoms with van der Waals surface area (Å²) in [7, 11) is 0. The van der Waals surface area contributed by atoms with E-state index in [1.165, 1.54) is 6.20 Å². The Kier molecular flexibility index (Phi) is 4.73. The van der Waals surface area contributed by atoms with Crippen LogP contribution in [0.25, 0.3) is 0 Å². The van der Waals surface area contributed by atoms with Crippen LogP contribution in [0, 0.1) is 11.3 Å². The van der Waals surface area contributed by atoms with Crippen molar-refractivity contribution < 1.29 is 9.90 Å². The second-order valence-corrected chi connectivity index (χ2v) is 3.18. The highest BCUT2D eigenvalue weighted by Crippen LogP contribution is 2.08. The van der Waals surface area contributed by atoms with Crippen molar-refractivity contribution in [2.45, 2.75) is 19.3 Å². The fraction of sp³-hybridized carbons (Fsp3) is 0.400. The molecular weight excluding hydrogens is 208 g/mol. The minimum Gasteiger partial charge on any atom is -0.481 e. The standard InChI is InChI=1S/C10H12N4O2/c11-7-8-4-6-13-14-10(8)12-5-2-1-3-9(15)16/h4,6H,1-3,5H2,(H,12,14)(H,15,16). The second kappa shape index (κ2) is 6.35. The van der Waals surface area contributed by atoms with E-state index in [0.717, 1.165) is 0 Å². The predicted molar refractivity (Wildman–Crippen MR) is 56.7 cm³/mol. The normalized spacial score (nSPS) is 9.44. The van der Waals surface area contributed by atoms with Gasteiger partial charge in [-0.2, -0.15) is 10.4 Å². The zero-order chi connectivity index (χ0) is 11.8. The molecule has 2 N–H and O–H groups in total. The molecule has 0 saturated carbocycles. The number of hydrogen-bond acceptors (Lipinski definition) is 5. The number of aromatic nitrogens is 2. The molecule has 0 amide bonds. The predicted octanol–water partition coefficient (Wildman–Crippen LogP) is 1.02. The van der Waals surface area contributed by atoms with E-state index >= 15 is 0 Å². The monoisotopic (exact) mass is 220 g/mol. The highest BCUT2D eigenvalue weighted by molar-refractivity contribution is 5.66. The van der Waals surface area contributed by atoms with Crippen LogP contribution < -0.4 is 5.32 Å². The molecule has 1 rings (SSSR count). The lowest BCUT2D eigenvalue weighted by atomic mass is 10.2. The van der Waals surface area contributed by atoms with Gasteiger partial charge in [-0.25, -0.2) is 0 Å². The largest absolute Gasteiger partial charge is 0.481 e. The van der Waals surface area contributed by atoms with Gasteiger partial charge in [0.05, 0.1) is 11.8 Å². The van der Waals surface area contributed by atoms with E-state index in [1.807, 2.05) is 6.07 Å². The number of rotatable bonds is 6. The van der Waals surface area contributed by atoms with Gasteiger partial charge in [-0.1, -0.05) is 0 Å². The third kappa shape index (κ3) is 3.92. The first-order valence-corrected chi connectivity index (χ1v) is 4.91. The molecule has 84 valence electrons. The summed E-state index contributed by atoms with van der Waals surface area (Å²) in [5.41, 5.74) is 0.438. The first-order valence-electron chi connectivity index (χ1n) is 4.91. The summed E-state index contributed by atoms with van der Waals surface area (Å²) in [6, 6.07) is 3.57. The van der Waals surface area contributed by atoms with Crippen molar-refractivity contribution >= 4 is 11.8 Å². The van der Waals surface area contributed by atoms with Crippen molar-refractivity contribution in [3.63, 3.8) is 0 Å². The van der Waals surface area contributed by atoms with E-state index in [0.29, 0.717) is 30.8 Å². The average molecular weight is 220 g/mol. The van der Waals surface area contributed by atoms with Crippen LogP contribution in [0.4, 0.5) is 5.82 Å². The Morgan fingerprint density at radius 1 is 1.56 bits per heavy atom. The van der Waals surface area contributed by atoms with Gasteiger partial charge in [-0.05, 0) is 18.9 Å². The van der Waals surface area contributed by atoms with E-state index in [-0.39, 0.29) is 6.42 Å². The number of carboxylic acids is 1. The van der Waals surface area contributed by atoms with Gasteiger partial charge >= 0.3 is 5.97 Å². The molecule has 16 heavy (non-hydrogen) atoms. The van der Waals surface area contributed by atoms with Gasteiger partial charge in [0.2, 0.25) is 0 Å². The molecule has 0 aliphatic rings. The SMILES string of the molecule is N#Cc1ccnnc1NCCCCC(=O)O. The Morgan fingerprint density at radius 2 is 2.38 bits per heavy atom. The van der Waals surface area contributed by atoms with Gasteiger partial charge in [0.15, 0.2) is 5.82 Å². The number of nitrogens with zero attached hydrogens (tertiary/aromatic N) is 3. The maximum atomic E-state index is 10.2. The topological polar surface area (TPSA) is 98.9 Å². The maximum absolute atomic E-state index is 10.2. The minimum absolute atomic E-state index is 0.160.